The Labute approximate surface area is 219 Å². The summed E-state index contributed by atoms with van der Waals surface area (Å²) >= 11 is 0. The maximum atomic E-state index is 13.9. The van der Waals surface area contributed by atoms with Crippen LogP contribution in [0.5, 0.6) is 0 Å². The highest BCUT2D eigenvalue weighted by Gasteiger charge is 2.40. The zero-order chi connectivity index (χ0) is 27.4. The molecule has 0 saturated heterocycles. The summed E-state index contributed by atoms with van der Waals surface area (Å²) in [6, 6.07) is 20.9. The molecular weight excluding hydrogens is 466 g/mol. The minimum Gasteiger partial charge on any atom is -0.444 e. The molecule has 0 aliphatic carbocycles. The van der Waals surface area contributed by atoms with Crippen molar-refractivity contribution in [3.63, 3.8) is 0 Å². The smallest absolute Gasteiger partial charge is 0.408 e. The average molecular weight is 504 g/mol. The lowest BCUT2D eigenvalue weighted by Gasteiger charge is -2.42. The monoisotopic (exact) mass is 503 g/mol. The molecule has 0 spiro atoms. The van der Waals surface area contributed by atoms with Gasteiger partial charge in [-0.15, -0.1) is 0 Å². The quantitative estimate of drug-likeness (QED) is 0.428. The maximum absolute atomic E-state index is 13.9. The summed E-state index contributed by atoms with van der Waals surface area (Å²) in [6.45, 7) is 12.4. The van der Waals surface area contributed by atoms with Crippen molar-refractivity contribution in [1.29, 1.82) is 0 Å². The van der Waals surface area contributed by atoms with Crippen molar-refractivity contribution in [3.05, 3.63) is 78.4 Å². The predicted molar refractivity (Wildman–Crippen MR) is 147 cm³/mol. The fourth-order valence-electron chi connectivity index (χ4n) is 4.13. The van der Waals surface area contributed by atoms with Gasteiger partial charge in [0, 0.05) is 11.2 Å². The van der Waals surface area contributed by atoms with E-state index in [1.807, 2.05) is 93.6 Å². The van der Waals surface area contributed by atoms with Crippen molar-refractivity contribution in [3.8, 4) is 0 Å². The lowest BCUT2D eigenvalue weighted by Crippen LogP contribution is -2.57. The molecule has 2 N–H and O–H groups in total. The van der Waals surface area contributed by atoms with Gasteiger partial charge in [0.15, 0.2) is 0 Å². The molecular formula is C30H37N3O4. The largest absolute Gasteiger partial charge is 0.444 e. The molecule has 3 rings (SSSR count). The van der Waals surface area contributed by atoms with E-state index >= 15 is 0 Å². The van der Waals surface area contributed by atoms with Crippen LogP contribution in [0.15, 0.2) is 72.8 Å². The molecule has 37 heavy (non-hydrogen) atoms. The lowest BCUT2D eigenvalue weighted by molar-refractivity contribution is -0.146. The van der Waals surface area contributed by atoms with Gasteiger partial charge in [0.2, 0.25) is 5.91 Å². The Kier molecular flexibility index (Phi) is 8.26. The molecule has 0 aromatic heterocycles. The third kappa shape index (κ3) is 7.32. The minimum atomic E-state index is -0.942. The van der Waals surface area contributed by atoms with Crippen LogP contribution in [0.25, 0.3) is 10.8 Å². The summed E-state index contributed by atoms with van der Waals surface area (Å²) in [6.07, 6.45) is -0.695. The number of benzene rings is 3. The lowest BCUT2D eigenvalue weighted by atomic mass is 9.95. The molecule has 0 saturated carbocycles. The molecule has 0 aliphatic heterocycles. The van der Waals surface area contributed by atoms with E-state index in [2.05, 4.69) is 10.6 Å². The van der Waals surface area contributed by atoms with E-state index in [1.54, 1.807) is 27.7 Å². The number of amides is 3. The Morgan fingerprint density at radius 1 is 0.811 bits per heavy atom. The molecule has 3 aromatic carbocycles. The van der Waals surface area contributed by atoms with E-state index in [4.69, 9.17) is 4.74 Å². The Hall–Kier alpha value is -3.87. The van der Waals surface area contributed by atoms with E-state index in [0.717, 1.165) is 10.8 Å². The second kappa shape index (κ2) is 11.0. The number of nitrogens with zero attached hydrogens (tertiary/aromatic N) is 1. The highest BCUT2D eigenvalue weighted by molar-refractivity contribution is 6.00. The topological polar surface area (TPSA) is 87.7 Å². The summed E-state index contributed by atoms with van der Waals surface area (Å²) in [4.78, 5) is 41.6. The number of carbonyl (C=O) groups excluding carboxylic acids is 3. The number of fused-ring (bicyclic) bond motifs is 1. The molecule has 0 radical (unpaired) electrons. The first kappa shape index (κ1) is 27.7. The van der Waals surface area contributed by atoms with E-state index in [-0.39, 0.29) is 5.91 Å². The zero-order valence-corrected chi connectivity index (χ0v) is 22.7. The Balaban J connectivity index is 1.96. The molecule has 0 fully saturated rings. The number of nitrogens with one attached hydrogen (secondary N) is 2. The van der Waals surface area contributed by atoms with Crippen molar-refractivity contribution >= 4 is 34.4 Å². The molecule has 7 nitrogen and oxygen atoms in total. The van der Waals surface area contributed by atoms with Crippen LogP contribution in [0.1, 0.15) is 60.1 Å². The van der Waals surface area contributed by atoms with Gasteiger partial charge in [-0.1, -0.05) is 60.7 Å². The molecule has 196 valence electrons. The van der Waals surface area contributed by atoms with Gasteiger partial charge < -0.3 is 20.3 Å². The van der Waals surface area contributed by atoms with Crippen molar-refractivity contribution in [1.82, 2.24) is 10.2 Å². The number of ether oxygens (including phenoxy) is 1. The van der Waals surface area contributed by atoms with Crippen LogP contribution in [-0.2, 0) is 14.3 Å². The molecule has 2 atom stereocenters. The minimum absolute atomic E-state index is 0.353. The van der Waals surface area contributed by atoms with Gasteiger partial charge in [0.1, 0.15) is 17.7 Å². The molecule has 2 unspecified atom stereocenters. The van der Waals surface area contributed by atoms with Crippen molar-refractivity contribution < 1.29 is 19.1 Å². The second-order valence-electron chi connectivity index (χ2n) is 11.1. The SMILES string of the molecule is CC(NC(=O)OC(C)(C)C)C(=O)N(C(C(=O)Nc1ccc2ccccc2c1)c1ccccc1)C(C)(C)C. The van der Waals surface area contributed by atoms with Gasteiger partial charge >= 0.3 is 6.09 Å². The first-order chi connectivity index (χ1) is 17.3. The molecule has 3 aromatic rings. The summed E-state index contributed by atoms with van der Waals surface area (Å²) in [5, 5.41) is 7.69. The number of hydrogen-bond acceptors (Lipinski definition) is 4. The summed E-state index contributed by atoms with van der Waals surface area (Å²) in [5.41, 5.74) is -0.162. The number of rotatable bonds is 6. The van der Waals surface area contributed by atoms with Crippen LogP contribution in [0.3, 0.4) is 0 Å². The zero-order valence-electron chi connectivity index (χ0n) is 22.7. The van der Waals surface area contributed by atoms with Gasteiger partial charge in [0.05, 0.1) is 0 Å². The standard InChI is InChI=1S/C30H37N3O4/c1-20(31-28(36)37-30(5,6)7)27(35)33(29(2,3)4)25(22-14-9-8-10-15-22)26(34)32-24-18-17-21-13-11-12-16-23(21)19-24/h8-20,25H,1-7H3,(H,31,36)(H,32,34). The van der Waals surface area contributed by atoms with Crippen molar-refractivity contribution in [2.45, 2.75) is 71.7 Å². The molecule has 0 bridgehead atoms. The van der Waals surface area contributed by atoms with Crippen LogP contribution in [0, 0.1) is 0 Å². The fraction of sp³-hybridized carbons (Fsp3) is 0.367. The number of anilines is 1. The molecule has 7 heteroatoms. The van der Waals surface area contributed by atoms with Gasteiger partial charge in [-0.3, -0.25) is 9.59 Å². The Morgan fingerprint density at radius 2 is 1.41 bits per heavy atom. The molecule has 0 heterocycles. The highest BCUT2D eigenvalue weighted by Crippen LogP contribution is 2.31. The number of carbonyl (C=O) groups is 3. The Morgan fingerprint density at radius 3 is 2.00 bits per heavy atom. The second-order valence-corrected chi connectivity index (χ2v) is 11.1. The molecule has 0 aliphatic rings. The van der Waals surface area contributed by atoms with E-state index in [0.29, 0.717) is 11.3 Å². The van der Waals surface area contributed by atoms with Crippen LogP contribution in [-0.4, -0.2) is 40.0 Å². The third-order valence-electron chi connectivity index (χ3n) is 5.70. The number of hydrogen-bond donors (Lipinski definition) is 2. The number of alkyl carbamates (subject to hydrolysis) is 1. The van der Waals surface area contributed by atoms with Crippen LogP contribution < -0.4 is 10.6 Å². The van der Waals surface area contributed by atoms with Crippen LogP contribution >= 0.6 is 0 Å². The normalized spacial score (nSPS) is 13.4. The van der Waals surface area contributed by atoms with E-state index < -0.39 is 35.2 Å². The van der Waals surface area contributed by atoms with Crippen LogP contribution in [0.2, 0.25) is 0 Å². The van der Waals surface area contributed by atoms with Gasteiger partial charge in [-0.05, 0) is 76.9 Å². The average Bonchev–Trinajstić information content (AvgIpc) is 2.80. The third-order valence-corrected chi connectivity index (χ3v) is 5.70. The van der Waals surface area contributed by atoms with Gasteiger partial charge in [0.25, 0.3) is 5.91 Å². The van der Waals surface area contributed by atoms with E-state index in [1.165, 1.54) is 4.90 Å². The van der Waals surface area contributed by atoms with Crippen LogP contribution in [0.4, 0.5) is 10.5 Å². The first-order valence-electron chi connectivity index (χ1n) is 12.4. The Bertz CT molecular complexity index is 1260. The van der Waals surface area contributed by atoms with Gasteiger partial charge in [-0.2, -0.15) is 0 Å². The van der Waals surface area contributed by atoms with Gasteiger partial charge in [-0.25, -0.2) is 4.79 Å². The van der Waals surface area contributed by atoms with E-state index in [9.17, 15) is 14.4 Å². The van der Waals surface area contributed by atoms with Crippen molar-refractivity contribution in [2.24, 2.45) is 0 Å². The maximum Gasteiger partial charge on any atom is 0.408 e. The first-order valence-corrected chi connectivity index (χ1v) is 12.4. The summed E-state index contributed by atoms with van der Waals surface area (Å²) < 4.78 is 5.33. The van der Waals surface area contributed by atoms with Crippen molar-refractivity contribution in [2.75, 3.05) is 5.32 Å². The fourth-order valence-corrected chi connectivity index (χ4v) is 4.13. The molecule has 3 amide bonds. The highest BCUT2D eigenvalue weighted by atomic mass is 16.6. The predicted octanol–water partition coefficient (Wildman–Crippen LogP) is 6.06. The summed E-state index contributed by atoms with van der Waals surface area (Å²) in [7, 11) is 0. The summed E-state index contributed by atoms with van der Waals surface area (Å²) in [5.74, 6) is -0.755.